The second-order valence-corrected chi connectivity index (χ2v) is 4.22. The summed E-state index contributed by atoms with van der Waals surface area (Å²) in [4.78, 5) is 0. The lowest BCUT2D eigenvalue weighted by Gasteiger charge is -2.13. The van der Waals surface area contributed by atoms with E-state index in [1.54, 1.807) is 6.07 Å². The fourth-order valence-electron chi connectivity index (χ4n) is 1.37. The van der Waals surface area contributed by atoms with E-state index in [0.29, 0.717) is 16.6 Å². The van der Waals surface area contributed by atoms with Gasteiger partial charge in [-0.15, -0.1) is 0 Å². The Balaban J connectivity index is 3.07. The SMILES string of the molecule is CC(CCN)c1cc(Br)cc(F)c1O. The molecule has 0 fully saturated rings. The highest BCUT2D eigenvalue weighted by atomic mass is 79.9. The van der Waals surface area contributed by atoms with Crippen LogP contribution in [0.4, 0.5) is 4.39 Å². The number of rotatable bonds is 3. The first-order valence-electron chi connectivity index (χ1n) is 4.44. The van der Waals surface area contributed by atoms with Crippen LogP contribution in [0, 0.1) is 5.82 Å². The van der Waals surface area contributed by atoms with Crippen molar-refractivity contribution in [2.45, 2.75) is 19.3 Å². The second kappa shape index (κ2) is 4.75. The van der Waals surface area contributed by atoms with E-state index in [1.165, 1.54) is 6.07 Å². The Kier molecular flexibility index (Phi) is 3.89. The van der Waals surface area contributed by atoms with Gasteiger partial charge in [-0.2, -0.15) is 0 Å². The molecule has 0 spiro atoms. The largest absolute Gasteiger partial charge is 0.505 e. The Hall–Kier alpha value is -0.610. The molecule has 3 N–H and O–H groups in total. The van der Waals surface area contributed by atoms with Crippen LogP contribution in [0.2, 0.25) is 0 Å². The van der Waals surface area contributed by atoms with E-state index in [4.69, 9.17) is 5.73 Å². The molecule has 1 rings (SSSR count). The molecular formula is C10H13BrFNO. The number of nitrogens with two attached hydrogens (primary N) is 1. The van der Waals surface area contributed by atoms with Crippen LogP contribution in [0.15, 0.2) is 16.6 Å². The van der Waals surface area contributed by atoms with E-state index in [-0.39, 0.29) is 11.7 Å². The smallest absolute Gasteiger partial charge is 0.166 e. The van der Waals surface area contributed by atoms with Crippen LogP contribution in [0.1, 0.15) is 24.8 Å². The van der Waals surface area contributed by atoms with Gasteiger partial charge in [0.05, 0.1) is 0 Å². The zero-order valence-electron chi connectivity index (χ0n) is 7.93. The molecule has 0 heterocycles. The van der Waals surface area contributed by atoms with Crippen molar-refractivity contribution in [1.29, 1.82) is 0 Å². The number of aromatic hydroxyl groups is 1. The third kappa shape index (κ3) is 2.45. The van der Waals surface area contributed by atoms with Crippen LogP contribution in [0.3, 0.4) is 0 Å². The molecule has 4 heteroatoms. The molecule has 1 unspecified atom stereocenters. The molecule has 1 atom stereocenters. The zero-order chi connectivity index (χ0) is 10.7. The average Bonchev–Trinajstić information content (AvgIpc) is 2.11. The van der Waals surface area contributed by atoms with Gasteiger partial charge in [0.2, 0.25) is 0 Å². The van der Waals surface area contributed by atoms with Gasteiger partial charge in [-0.05, 0) is 31.0 Å². The molecule has 0 saturated heterocycles. The van der Waals surface area contributed by atoms with Crippen LogP contribution < -0.4 is 5.73 Å². The molecule has 1 aromatic carbocycles. The predicted molar refractivity (Wildman–Crippen MR) is 57.9 cm³/mol. The molecule has 0 aliphatic rings. The summed E-state index contributed by atoms with van der Waals surface area (Å²) in [6, 6.07) is 2.97. The quantitative estimate of drug-likeness (QED) is 0.879. The average molecular weight is 262 g/mol. The molecule has 0 aliphatic heterocycles. The van der Waals surface area contributed by atoms with Gasteiger partial charge in [-0.1, -0.05) is 22.9 Å². The second-order valence-electron chi connectivity index (χ2n) is 3.30. The molecule has 0 aromatic heterocycles. The van der Waals surface area contributed by atoms with E-state index in [0.717, 1.165) is 6.42 Å². The van der Waals surface area contributed by atoms with E-state index in [1.807, 2.05) is 6.92 Å². The van der Waals surface area contributed by atoms with Crippen molar-refractivity contribution < 1.29 is 9.50 Å². The highest BCUT2D eigenvalue weighted by Gasteiger charge is 2.14. The number of phenolic OH excluding ortho intramolecular Hbond substituents is 1. The fourth-order valence-corrected chi connectivity index (χ4v) is 1.81. The molecular weight excluding hydrogens is 249 g/mol. The monoisotopic (exact) mass is 261 g/mol. The zero-order valence-corrected chi connectivity index (χ0v) is 9.51. The van der Waals surface area contributed by atoms with Crippen molar-refractivity contribution in [3.05, 3.63) is 28.0 Å². The number of hydrogen-bond donors (Lipinski definition) is 2. The van der Waals surface area contributed by atoms with Crippen molar-refractivity contribution in [2.75, 3.05) is 6.54 Å². The number of halogens is 2. The number of benzene rings is 1. The maximum absolute atomic E-state index is 13.1. The molecule has 0 bridgehead atoms. The standard InChI is InChI=1S/C10H13BrFNO/c1-6(2-3-13)8-4-7(11)5-9(12)10(8)14/h4-6,14H,2-3,13H2,1H3. The summed E-state index contributed by atoms with van der Waals surface area (Å²) in [7, 11) is 0. The summed E-state index contributed by atoms with van der Waals surface area (Å²) in [5.41, 5.74) is 6.01. The van der Waals surface area contributed by atoms with Gasteiger partial charge in [-0.25, -0.2) is 4.39 Å². The molecule has 0 amide bonds. The van der Waals surface area contributed by atoms with Gasteiger partial charge in [0.25, 0.3) is 0 Å². The van der Waals surface area contributed by atoms with Crippen molar-refractivity contribution in [3.63, 3.8) is 0 Å². The first-order chi connectivity index (χ1) is 6.56. The van der Waals surface area contributed by atoms with Gasteiger partial charge >= 0.3 is 0 Å². The van der Waals surface area contributed by atoms with Gasteiger partial charge in [0, 0.05) is 10.0 Å². The van der Waals surface area contributed by atoms with Gasteiger partial charge < -0.3 is 10.8 Å². The fraction of sp³-hybridized carbons (Fsp3) is 0.400. The maximum Gasteiger partial charge on any atom is 0.166 e. The first kappa shape index (κ1) is 11.5. The minimum Gasteiger partial charge on any atom is -0.505 e. The number of phenols is 1. The Morgan fingerprint density at radius 1 is 1.57 bits per heavy atom. The van der Waals surface area contributed by atoms with E-state index >= 15 is 0 Å². The molecule has 1 aromatic rings. The third-order valence-electron chi connectivity index (χ3n) is 2.19. The van der Waals surface area contributed by atoms with Crippen molar-refractivity contribution >= 4 is 15.9 Å². The normalized spacial score (nSPS) is 12.9. The van der Waals surface area contributed by atoms with E-state index in [9.17, 15) is 9.50 Å². The van der Waals surface area contributed by atoms with Crippen LogP contribution in [0.25, 0.3) is 0 Å². The van der Waals surface area contributed by atoms with Crippen molar-refractivity contribution in [3.8, 4) is 5.75 Å². The molecule has 0 saturated carbocycles. The summed E-state index contributed by atoms with van der Waals surface area (Å²) in [6.07, 6.45) is 0.726. The Morgan fingerprint density at radius 2 is 2.21 bits per heavy atom. The van der Waals surface area contributed by atoms with E-state index in [2.05, 4.69) is 15.9 Å². The Morgan fingerprint density at radius 3 is 2.79 bits per heavy atom. The molecule has 0 aliphatic carbocycles. The van der Waals surface area contributed by atoms with Crippen LogP contribution in [-0.4, -0.2) is 11.7 Å². The molecule has 2 nitrogen and oxygen atoms in total. The topological polar surface area (TPSA) is 46.2 Å². The summed E-state index contributed by atoms with van der Waals surface area (Å²) >= 11 is 3.18. The number of hydrogen-bond acceptors (Lipinski definition) is 2. The molecule has 14 heavy (non-hydrogen) atoms. The Labute approximate surface area is 91.1 Å². The lowest BCUT2D eigenvalue weighted by atomic mass is 9.97. The summed E-state index contributed by atoms with van der Waals surface area (Å²) < 4.78 is 13.8. The third-order valence-corrected chi connectivity index (χ3v) is 2.65. The lowest BCUT2D eigenvalue weighted by Crippen LogP contribution is -2.05. The highest BCUT2D eigenvalue weighted by Crippen LogP contribution is 2.32. The van der Waals surface area contributed by atoms with Crippen molar-refractivity contribution in [1.82, 2.24) is 0 Å². The first-order valence-corrected chi connectivity index (χ1v) is 5.23. The van der Waals surface area contributed by atoms with Crippen LogP contribution in [-0.2, 0) is 0 Å². The lowest BCUT2D eigenvalue weighted by molar-refractivity contribution is 0.420. The maximum atomic E-state index is 13.1. The Bertz CT molecular complexity index is 330. The van der Waals surface area contributed by atoms with E-state index < -0.39 is 5.82 Å². The highest BCUT2D eigenvalue weighted by molar-refractivity contribution is 9.10. The molecule has 78 valence electrons. The summed E-state index contributed by atoms with van der Waals surface area (Å²) in [5, 5.41) is 9.48. The minimum atomic E-state index is -0.599. The van der Waals surface area contributed by atoms with Gasteiger partial charge in [0.15, 0.2) is 11.6 Å². The van der Waals surface area contributed by atoms with Gasteiger partial charge in [-0.3, -0.25) is 0 Å². The minimum absolute atomic E-state index is 0.0620. The van der Waals surface area contributed by atoms with Crippen LogP contribution >= 0.6 is 15.9 Å². The summed E-state index contributed by atoms with van der Waals surface area (Å²) in [6.45, 7) is 2.43. The van der Waals surface area contributed by atoms with Crippen LogP contribution in [0.5, 0.6) is 5.75 Å². The molecule has 0 radical (unpaired) electrons. The summed E-state index contributed by atoms with van der Waals surface area (Å²) in [5.74, 6) is -0.806. The predicted octanol–water partition coefficient (Wildman–Crippen LogP) is 2.75. The van der Waals surface area contributed by atoms with Crippen molar-refractivity contribution in [2.24, 2.45) is 5.73 Å². The van der Waals surface area contributed by atoms with Gasteiger partial charge in [0.1, 0.15) is 0 Å².